The van der Waals surface area contributed by atoms with Gasteiger partial charge in [-0.25, -0.2) is 0 Å². The SMILES string of the molecule is COCCN1CC2(C1)OC(I)=C(C)NC2=O. The number of halogens is 1. The van der Waals surface area contributed by atoms with Crippen LogP contribution in [0.5, 0.6) is 0 Å². The Morgan fingerprint density at radius 2 is 2.31 bits per heavy atom. The third-order valence-electron chi connectivity index (χ3n) is 2.86. The zero-order valence-corrected chi connectivity index (χ0v) is 11.5. The van der Waals surface area contributed by atoms with Gasteiger partial charge in [0.2, 0.25) is 5.60 Å². The van der Waals surface area contributed by atoms with E-state index in [0.717, 1.165) is 16.0 Å². The van der Waals surface area contributed by atoms with E-state index in [1.54, 1.807) is 7.11 Å². The molecule has 2 rings (SSSR count). The van der Waals surface area contributed by atoms with Gasteiger partial charge in [0.25, 0.3) is 5.91 Å². The van der Waals surface area contributed by atoms with Crippen LogP contribution in [0.4, 0.5) is 0 Å². The normalized spacial score (nSPS) is 24.1. The van der Waals surface area contributed by atoms with Crippen molar-refractivity contribution in [1.82, 2.24) is 10.2 Å². The highest BCUT2D eigenvalue weighted by atomic mass is 127. The van der Waals surface area contributed by atoms with Gasteiger partial charge in [0.15, 0.2) is 3.77 Å². The number of nitrogens with zero attached hydrogens (tertiary/aromatic N) is 1. The summed E-state index contributed by atoms with van der Waals surface area (Å²) in [6, 6.07) is 0. The van der Waals surface area contributed by atoms with Crippen molar-refractivity contribution < 1.29 is 14.3 Å². The van der Waals surface area contributed by atoms with Gasteiger partial charge in [-0.1, -0.05) is 0 Å². The average Bonchev–Trinajstić information content (AvgIpc) is 2.18. The predicted octanol–water partition coefficient (Wildman–Crippen LogP) is 0.458. The lowest BCUT2D eigenvalue weighted by Gasteiger charge is -2.49. The number of carbonyl (C=O) groups is 1. The largest absolute Gasteiger partial charge is 0.467 e. The smallest absolute Gasteiger partial charge is 0.271 e. The lowest BCUT2D eigenvalue weighted by atomic mass is 9.92. The minimum absolute atomic E-state index is 0.0286. The molecule has 90 valence electrons. The van der Waals surface area contributed by atoms with Gasteiger partial charge < -0.3 is 14.8 Å². The molecule has 2 heterocycles. The Bertz CT molecular complexity index is 337. The van der Waals surface area contributed by atoms with Crippen molar-refractivity contribution in [3.8, 4) is 0 Å². The minimum atomic E-state index is -0.663. The van der Waals surface area contributed by atoms with Crippen LogP contribution in [-0.2, 0) is 14.3 Å². The molecule has 5 nitrogen and oxygen atoms in total. The Balaban J connectivity index is 1.95. The van der Waals surface area contributed by atoms with Crippen molar-refractivity contribution in [2.24, 2.45) is 0 Å². The summed E-state index contributed by atoms with van der Waals surface area (Å²) in [5.74, 6) is -0.0286. The van der Waals surface area contributed by atoms with Gasteiger partial charge in [-0.15, -0.1) is 0 Å². The molecule has 0 radical (unpaired) electrons. The summed E-state index contributed by atoms with van der Waals surface area (Å²) in [7, 11) is 1.68. The fourth-order valence-electron chi connectivity index (χ4n) is 1.89. The number of hydrogen-bond donors (Lipinski definition) is 1. The first-order chi connectivity index (χ1) is 7.57. The van der Waals surface area contributed by atoms with Gasteiger partial charge in [0.05, 0.1) is 12.3 Å². The highest BCUT2D eigenvalue weighted by Gasteiger charge is 2.53. The first kappa shape index (κ1) is 12.1. The highest BCUT2D eigenvalue weighted by Crippen LogP contribution is 2.34. The number of methoxy groups -OCH3 is 1. The molecule has 0 aromatic heterocycles. The third kappa shape index (κ3) is 2.05. The summed E-state index contributed by atoms with van der Waals surface area (Å²) < 4.78 is 11.5. The van der Waals surface area contributed by atoms with Crippen LogP contribution in [0.2, 0.25) is 0 Å². The van der Waals surface area contributed by atoms with Crippen molar-refractivity contribution in [3.63, 3.8) is 0 Å². The number of carbonyl (C=O) groups excluding carboxylic acids is 1. The maximum atomic E-state index is 11.8. The van der Waals surface area contributed by atoms with Crippen LogP contribution in [0.3, 0.4) is 0 Å². The molecule has 2 aliphatic heterocycles. The molecule has 0 saturated carbocycles. The zero-order valence-electron chi connectivity index (χ0n) is 9.38. The topological polar surface area (TPSA) is 50.8 Å². The molecule has 0 aromatic carbocycles. The van der Waals surface area contributed by atoms with E-state index in [1.807, 2.05) is 6.92 Å². The molecule has 0 atom stereocenters. The minimum Gasteiger partial charge on any atom is -0.467 e. The lowest BCUT2D eigenvalue weighted by Crippen LogP contribution is -2.71. The van der Waals surface area contributed by atoms with E-state index >= 15 is 0 Å². The summed E-state index contributed by atoms with van der Waals surface area (Å²) in [5.41, 5.74) is 0.135. The first-order valence-electron chi connectivity index (χ1n) is 5.15. The summed E-state index contributed by atoms with van der Waals surface area (Å²) >= 11 is 2.11. The standard InChI is InChI=1S/C10H15IN2O3/c1-7-8(11)16-10(9(14)12-7)5-13(6-10)3-4-15-2/h3-6H2,1-2H3,(H,12,14). The molecule has 1 fully saturated rings. The van der Waals surface area contributed by atoms with Crippen molar-refractivity contribution in [2.45, 2.75) is 12.5 Å². The van der Waals surface area contributed by atoms with Gasteiger partial charge in [-0.05, 0) is 6.92 Å². The number of rotatable bonds is 3. The Hall–Kier alpha value is -0.340. The number of hydrogen-bond acceptors (Lipinski definition) is 4. The fraction of sp³-hybridized carbons (Fsp3) is 0.700. The average molecular weight is 338 g/mol. The second-order valence-electron chi connectivity index (χ2n) is 4.15. The van der Waals surface area contributed by atoms with E-state index < -0.39 is 5.60 Å². The second-order valence-corrected chi connectivity index (χ2v) is 5.13. The van der Waals surface area contributed by atoms with Gasteiger partial charge in [0.1, 0.15) is 0 Å². The molecular formula is C10H15IN2O3. The zero-order chi connectivity index (χ0) is 11.8. The Morgan fingerprint density at radius 3 is 2.94 bits per heavy atom. The molecule has 16 heavy (non-hydrogen) atoms. The van der Waals surface area contributed by atoms with E-state index in [9.17, 15) is 4.79 Å². The lowest BCUT2D eigenvalue weighted by molar-refractivity contribution is -0.165. The quantitative estimate of drug-likeness (QED) is 0.760. The van der Waals surface area contributed by atoms with E-state index in [-0.39, 0.29) is 5.91 Å². The summed E-state index contributed by atoms with van der Waals surface area (Å²) in [5, 5.41) is 2.85. The molecule has 1 N–H and O–H groups in total. The molecular weight excluding hydrogens is 323 g/mol. The predicted molar refractivity (Wildman–Crippen MR) is 67.0 cm³/mol. The highest BCUT2D eigenvalue weighted by molar-refractivity contribution is 14.1. The summed E-state index contributed by atoms with van der Waals surface area (Å²) in [6.45, 7) is 4.65. The Kier molecular flexibility index (Phi) is 3.41. The maximum Gasteiger partial charge on any atom is 0.271 e. The van der Waals surface area contributed by atoms with Crippen LogP contribution in [0.1, 0.15) is 6.92 Å². The molecule has 6 heteroatoms. The van der Waals surface area contributed by atoms with Crippen molar-refractivity contribution in [1.29, 1.82) is 0 Å². The number of allylic oxidation sites excluding steroid dienone is 1. The molecule has 0 aromatic rings. The molecule has 2 aliphatic rings. The fourth-order valence-corrected chi connectivity index (χ4v) is 2.45. The van der Waals surface area contributed by atoms with Crippen LogP contribution in [0.15, 0.2) is 9.46 Å². The van der Waals surface area contributed by atoms with Crippen LogP contribution in [0, 0.1) is 0 Å². The monoisotopic (exact) mass is 338 g/mol. The van der Waals surface area contributed by atoms with Crippen LogP contribution < -0.4 is 5.32 Å². The van der Waals surface area contributed by atoms with Crippen LogP contribution in [-0.4, -0.2) is 49.8 Å². The number of ether oxygens (including phenoxy) is 2. The van der Waals surface area contributed by atoms with E-state index in [0.29, 0.717) is 19.7 Å². The van der Waals surface area contributed by atoms with E-state index in [2.05, 4.69) is 32.8 Å². The van der Waals surface area contributed by atoms with Gasteiger partial charge in [-0.3, -0.25) is 9.69 Å². The molecule has 0 bridgehead atoms. The van der Waals surface area contributed by atoms with Gasteiger partial charge in [0, 0.05) is 49.3 Å². The number of nitrogens with one attached hydrogen (secondary N) is 1. The van der Waals surface area contributed by atoms with Crippen LogP contribution >= 0.6 is 22.6 Å². The molecule has 1 spiro atoms. The molecule has 0 aliphatic carbocycles. The summed E-state index contributed by atoms with van der Waals surface area (Å²) in [4.78, 5) is 14.0. The first-order valence-corrected chi connectivity index (χ1v) is 6.23. The van der Waals surface area contributed by atoms with Crippen molar-refractivity contribution in [2.75, 3.05) is 33.4 Å². The van der Waals surface area contributed by atoms with Gasteiger partial charge in [-0.2, -0.15) is 0 Å². The maximum absolute atomic E-state index is 11.8. The van der Waals surface area contributed by atoms with E-state index in [4.69, 9.17) is 9.47 Å². The Morgan fingerprint density at radius 1 is 1.62 bits per heavy atom. The van der Waals surface area contributed by atoms with Crippen molar-refractivity contribution >= 4 is 28.5 Å². The van der Waals surface area contributed by atoms with Crippen molar-refractivity contribution in [3.05, 3.63) is 9.46 Å². The second kappa shape index (κ2) is 4.50. The number of amides is 1. The summed E-state index contributed by atoms with van der Waals surface area (Å²) in [6.07, 6.45) is 0. The molecule has 0 unspecified atom stereocenters. The van der Waals surface area contributed by atoms with Crippen LogP contribution in [0.25, 0.3) is 0 Å². The third-order valence-corrected chi connectivity index (χ3v) is 3.89. The molecule has 1 saturated heterocycles. The van der Waals surface area contributed by atoms with E-state index in [1.165, 1.54) is 0 Å². The Labute approximate surface area is 108 Å². The van der Waals surface area contributed by atoms with Gasteiger partial charge >= 0.3 is 0 Å². The molecule has 1 amide bonds. The number of likely N-dealkylation sites (tertiary alicyclic amines) is 1.